The van der Waals surface area contributed by atoms with Gasteiger partial charge in [0.05, 0.1) is 10.9 Å². The molecule has 1 amide bonds. The van der Waals surface area contributed by atoms with Crippen LogP contribution in [0.3, 0.4) is 0 Å². The van der Waals surface area contributed by atoms with E-state index in [9.17, 15) is 9.59 Å². The zero-order valence-corrected chi connectivity index (χ0v) is 14.5. The molecule has 0 aliphatic heterocycles. The number of carbonyl (C=O) groups is 1. The number of carbonyl (C=O) groups excluding carboxylic acids is 1. The number of hydrogen-bond donors (Lipinski definition) is 2. The van der Waals surface area contributed by atoms with Gasteiger partial charge in [-0.05, 0) is 29.8 Å². The summed E-state index contributed by atoms with van der Waals surface area (Å²) in [5.74, 6) is -0.432. The molecule has 2 N–H and O–H groups in total. The fourth-order valence-electron chi connectivity index (χ4n) is 2.93. The second kappa shape index (κ2) is 6.49. The van der Waals surface area contributed by atoms with Crippen molar-refractivity contribution in [1.82, 2.24) is 24.3 Å². The van der Waals surface area contributed by atoms with Crippen LogP contribution in [0.25, 0.3) is 16.7 Å². The third-order valence-corrected chi connectivity index (χ3v) is 4.37. The summed E-state index contributed by atoms with van der Waals surface area (Å²) in [5, 5.41) is 11.4. The van der Waals surface area contributed by atoms with E-state index >= 15 is 0 Å². The lowest BCUT2D eigenvalue weighted by atomic mass is 10.2. The molecule has 0 saturated heterocycles. The Morgan fingerprint density at radius 2 is 2.11 bits per heavy atom. The smallest absolute Gasteiger partial charge is 0.267 e. The van der Waals surface area contributed by atoms with Crippen LogP contribution in [0, 0.1) is 5.41 Å². The van der Waals surface area contributed by atoms with Gasteiger partial charge in [-0.15, -0.1) is 0 Å². The molecular weight excluding hydrogens is 344 g/mol. The third kappa shape index (κ3) is 2.86. The van der Waals surface area contributed by atoms with Gasteiger partial charge in [0.25, 0.3) is 11.5 Å². The lowest BCUT2D eigenvalue weighted by Crippen LogP contribution is -2.33. The second-order valence-electron chi connectivity index (χ2n) is 6.09. The van der Waals surface area contributed by atoms with Crippen molar-refractivity contribution in [2.75, 3.05) is 0 Å². The summed E-state index contributed by atoms with van der Waals surface area (Å²) in [7, 11) is 1.62. The molecule has 4 heterocycles. The van der Waals surface area contributed by atoms with Crippen molar-refractivity contribution in [2.24, 2.45) is 7.05 Å². The van der Waals surface area contributed by atoms with Crippen LogP contribution in [0.2, 0.25) is 0 Å². The maximum atomic E-state index is 12.8. The number of hydrogen-bond acceptors (Lipinski definition) is 5. The van der Waals surface area contributed by atoms with Gasteiger partial charge >= 0.3 is 0 Å². The van der Waals surface area contributed by atoms with Gasteiger partial charge in [-0.25, -0.2) is 4.98 Å². The van der Waals surface area contributed by atoms with Crippen LogP contribution in [0.4, 0.5) is 0 Å². The average Bonchev–Trinajstić information content (AvgIpc) is 2.70. The molecule has 27 heavy (non-hydrogen) atoms. The standard InChI is InChI=1S/C19H16N6O2/c1-24-16(20)13(18(26)22-11-12-5-4-7-21-10-12)9-14-17(24)23-15-6-2-3-8-25(15)19(14)27/h2-10,20H,11H2,1H3,(H,22,26). The van der Waals surface area contributed by atoms with Crippen LogP contribution in [-0.4, -0.2) is 24.8 Å². The number of rotatable bonds is 3. The molecule has 0 aromatic carbocycles. The molecule has 0 fully saturated rings. The van der Waals surface area contributed by atoms with Crippen LogP contribution in [0.1, 0.15) is 15.9 Å². The van der Waals surface area contributed by atoms with Crippen molar-refractivity contribution in [3.05, 3.63) is 82.0 Å². The Kier molecular flexibility index (Phi) is 4.00. The second-order valence-corrected chi connectivity index (χ2v) is 6.09. The Bertz CT molecular complexity index is 1290. The molecule has 8 heteroatoms. The molecule has 0 bridgehead atoms. The summed E-state index contributed by atoms with van der Waals surface area (Å²) in [6.45, 7) is 0.281. The summed E-state index contributed by atoms with van der Waals surface area (Å²) >= 11 is 0. The zero-order chi connectivity index (χ0) is 19.0. The summed E-state index contributed by atoms with van der Waals surface area (Å²) in [5.41, 5.74) is 1.50. The molecule has 0 atom stereocenters. The maximum Gasteiger partial charge on any atom is 0.267 e. The lowest BCUT2D eigenvalue weighted by Gasteiger charge is -2.11. The van der Waals surface area contributed by atoms with Crippen LogP contribution < -0.4 is 16.4 Å². The predicted molar refractivity (Wildman–Crippen MR) is 99.2 cm³/mol. The highest BCUT2D eigenvalue weighted by Gasteiger charge is 2.15. The molecule has 0 aliphatic carbocycles. The number of amides is 1. The van der Waals surface area contributed by atoms with Gasteiger partial charge in [0.2, 0.25) is 0 Å². The molecule has 4 aromatic heterocycles. The van der Waals surface area contributed by atoms with Crippen molar-refractivity contribution in [3.63, 3.8) is 0 Å². The lowest BCUT2D eigenvalue weighted by molar-refractivity contribution is 0.0948. The Morgan fingerprint density at radius 1 is 1.26 bits per heavy atom. The fraction of sp³-hybridized carbons (Fsp3) is 0.105. The van der Waals surface area contributed by atoms with Crippen LogP contribution in [-0.2, 0) is 13.6 Å². The Labute approximate surface area is 153 Å². The first kappa shape index (κ1) is 16.6. The number of pyridine rings is 3. The fourth-order valence-corrected chi connectivity index (χ4v) is 2.93. The monoisotopic (exact) mass is 360 g/mol. The molecule has 0 radical (unpaired) electrons. The van der Waals surface area contributed by atoms with E-state index in [1.807, 2.05) is 6.07 Å². The first-order chi connectivity index (χ1) is 13.1. The number of nitrogens with one attached hydrogen (secondary N) is 2. The summed E-state index contributed by atoms with van der Waals surface area (Å²) < 4.78 is 2.87. The average molecular weight is 360 g/mol. The van der Waals surface area contributed by atoms with Crippen molar-refractivity contribution in [3.8, 4) is 0 Å². The van der Waals surface area contributed by atoms with E-state index in [1.54, 1.807) is 49.9 Å². The van der Waals surface area contributed by atoms with Crippen LogP contribution in [0.5, 0.6) is 0 Å². The normalized spacial score (nSPS) is 11.0. The molecule has 134 valence electrons. The highest BCUT2D eigenvalue weighted by atomic mass is 16.1. The molecule has 0 unspecified atom stereocenters. The van der Waals surface area contributed by atoms with Gasteiger partial charge < -0.3 is 9.88 Å². The van der Waals surface area contributed by atoms with Gasteiger partial charge in [0, 0.05) is 32.2 Å². The van der Waals surface area contributed by atoms with Crippen molar-refractivity contribution < 1.29 is 4.79 Å². The SMILES string of the molecule is Cn1c(=N)c(C(=O)NCc2cccnc2)cc2c(=O)n3ccccc3nc21. The van der Waals surface area contributed by atoms with Gasteiger partial charge in [0.15, 0.2) is 0 Å². The molecular formula is C19H16N6O2. The molecule has 4 rings (SSSR count). The number of fused-ring (bicyclic) bond motifs is 2. The van der Waals surface area contributed by atoms with E-state index in [1.165, 1.54) is 15.0 Å². The molecule has 0 aliphatic rings. The topological polar surface area (TPSA) is 105 Å². The summed E-state index contributed by atoms with van der Waals surface area (Å²) in [6, 6.07) is 10.3. The summed E-state index contributed by atoms with van der Waals surface area (Å²) in [6.07, 6.45) is 4.94. The highest BCUT2D eigenvalue weighted by molar-refractivity contribution is 5.96. The van der Waals surface area contributed by atoms with Crippen LogP contribution >= 0.6 is 0 Å². The maximum absolute atomic E-state index is 12.8. The van der Waals surface area contributed by atoms with E-state index in [0.29, 0.717) is 11.3 Å². The van der Waals surface area contributed by atoms with Crippen molar-refractivity contribution in [2.45, 2.75) is 6.54 Å². The minimum absolute atomic E-state index is 0.0154. The minimum atomic E-state index is -0.432. The zero-order valence-electron chi connectivity index (χ0n) is 14.5. The van der Waals surface area contributed by atoms with E-state index in [4.69, 9.17) is 5.41 Å². The Morgan fingerprint density at radius 3 is 2.89 bits per heavy atom. The molecule has 0 saturated carbocycles. The van der Waals surface area contributed by atoms with Gasteiger partial charge in [-0.1, -0.05) is 12.1 Å². The first-order valence-electron chi connectivity index (χ1n) is 8.29. The van der Waals surface area contributed by atoms with Gasteiger partial charge in [-0.2, -0.15) is 0 Å². The largest absolute Gasteiger partial charge is 0.348 e. The van der Waals surface area contributed by atoms with Crippen molar-refractivity contribution >= 4 is 22.6 Å². The number of nitrogens with zero attached hydrogens (tertiary/aromatic N) is 4. The van der Waals surface area contributed by atoms with Crippen molar-refractivity contribution in [1.29, 1.82) is 5.41 Å². The molecule has 8 nitrogen and oxygen atoms in total. The highest BCUT2D eigenvalue weighted by Crippen LogP contribution is 2.09. The number of aromatic nitrogens is 4. The van der Waals surface area contributed by atoms with E-state index in [0.717, 1.165) is 5.56 Å². The Hall–Kier alpha value is -3.81. The summed E-state index contributed by atoms with van der Waals surface area (Å²) in [4.78, 5) is 33.9. The first-order valence-corrected chi connectivity index (χ1v) is 8.29. The molecule has 0 spiro atoms. The van der Waals surface area contributed by atoms with E-state index in [-0.39, 0.29) is 28.5 Å². The number of aryl methyl sites for hydroxylation is 1. The van der Waals surface area contributed by atoms with E-state index in [2.05, 4.69) is 15.3 Å². The van der Waals surface area contributed by atoms with E-state index < -0.39 is 5.91 Å². The quantitative estimate of drug-likeness (QED) is 0.532. The van der Waals surface area contributed by atoms with Gasteiger partial charge in [-0.3, -0.25) is 24.4 Å². The molecule has 4 aromatic rings. The third-order valence-electron chi connectivity index (χ3n) is 4.37. The Balaban J connectivity index is 1.81. The van der Waals surface area contributed by atoms with Crippen LogP contribution in [0.15, 0.2) is 59.8 Å². The minimum Gasteiger partial charge on any atom is -0.348 e. The predicted octanol–water partition coefficient (Wildman–Crippen LogP) is 0.991. The van der Waals surface area contributed by atoms with Gasteiger partial charge in [0.1, 0.15) is 16.8 Å².